The van der Waals surface area contributed by atoms with Crippen LogP contribution in [0.1, 0.15) is 34.8 Å². The van der Waals surface area contributed by atoms with E-state index in [1.54, 1.807) is 6.92 Å². The molecule has 0 aliphatic heterocycles. The Morgan fingerprint density at radius 3 is 2.31 bits per heavy atom. The summed E-state index contributed by atoms with van der Waals surface area (Å²) in [5, 5.41) is 2.52. The van der Waals surface area contributed by atoms with Gasteiger partial charge in [0.25, 0.3) is 5.91 Å². The first-order chi connectivity index (χ1) is 14.9. The van der Waals surface area contributed by atoms with Gasteiger partial charge in [-0.2, -0.15) is 13.2 Å². The van der Waals surface area contributed by atoms with Crippen LogP contribution in [0.3, 0.4) is 0 Å². The maximum absolute atomic E-state index is 13.3. The molecular formula is C20H20F4N2O5S. The molecule has 0 unspecified atom stereocenters. The van der Waals surface area contributed by atoms with Crippen molar-refractivity contribution in [3.8, 4) is 0 Å². The molecule has 0 atom stereocenters. The molecule has 0 spiro atoms. The predicted octanol–water partition coefficient (Wildman–Crippen LogP) is 3.47. The first-order valence-corrected chi connectivity index (χ1v) is 11.0. The Morgan fingerprint density at radius 1 is 1.06 bits per heavy atom. The third-order valence-electron chi connectivity index (χ3n) is 4.04. The van der Waals surface area contributed by atoms with Gasteiger partial charge in [0.2, 0.25) is 10.0 Å². The van der Waals surface area contributed by atoms with Crippen molar-refractivity contribution in [3.05, 3.63) is 65.0 Å². The van der Waals surface area contributed by atoms with E-state index in [0.717, 1.165) is 6.07 Å². The van der Waals surface area contributed by atoms with E-state index in [-0.39, 0.29) is 30.7 Å². The van der Waals surface area contributed by atoms with Crippen molar-refractivity contribution in [2.45, 2.75) is 25.3 Å². The SMILES string of the molecule is CCOC(=O)CCNC(=O)c1ccc(CS(=O)(=O)Nc2ccc(F)c(C(F)(F)F)c2)cc1. The van der Waals surface area contributed by atoms with Gasteiger partial charge in [-0.1, -0.05) is 12.1 Å². The third kappa shape index (κ3) is 7.52. The van der Waals surface area contributed by atoms with Gasteiger partial charge < -0.3 is 10.1 Å². The summed E-state index contributed by atoms with van der Waals surface area (Å²) >= 11 is 0. The molecule has 2 aromatic rings. The topological polar surface area (TPSA) is 102 Å². The average molecular weight is 476 g/mol. The largest absolute Gasteiger partial charge is 0.466 e. The summed E-state index contributed by atoms with van der Waals surface area (Å²) in [5.41, 5.74) is -1.54. The summed E-state index contributed by atoms with van der Waals surface area (Å²) in [6.45, 7) is 1.96. The Balaban J connectivity index is 1.99. The van der Waals surface area contributed by atoms with Crippen LogP contribution in [0.25, 0.3) is 0 Å². The lowest BCUT2D eigenvalue weighted by Gasteiger charge is -2.12. The number of esters is 1. The number of sulfonamides is 1. The third-order valence-corrected chi connectivity index (χ3v) is 5.30. The maximum atomic E-state index is 13.3. The highest BCUT2D eigenvalue weighted by Crippen LogP contribution is 2.33. The molecule has 0 fully saturated rings. The number of hydrogen-bond acceptors (Lipinski definition) is 5. The zero-order valence-corrected chi connectivity index (χ0v) is 17.6. The summed E-state index contributed by atoms with van der Waals surface area (Å²) in [6, 6.07) is 7.24. The number of nitrogens with one attached hydrogen (secondary N) is 2. The number of anilines is 1. The molecule has 0 bridgehead atoms. The van der Waals surface area contributed by atoms with Crippen LogP contribution in [-0.4, -0.2) is 33.4 Å². The fourth-order valence-corrected chi connectivity index (χ4v) is 3.80. The Morgan fingerprint density at radius 2 is 1.72 bits per heavy atom. The van der Waals surface area contributed by atoms with Crippen LogP contribution >= 0.6 is 0 Å². The summed E-state index contributed by atoms with van der Waals surface area (Å²) in [5.74, 6) is -3.04. The first-order valence-electron chi connectivity index (χ1n) is 9.31. The lowest BCUT2D eigenvalue weighted by molar-refractivity contribution is -0.143. The van der Waals surface area contributed by atoms with E-state index in [0.29, 0.717) is 12.1 Å². The second-order valence-electron chi connectivity index (χ2n) is 6.56. The van der Waals surface area contributed by atoms with Crippen molar-refractivity contribution in [1.29, 1.82) is 0 Å². The fraction of sp³-hybridized carbons (Fsp3) is 0.300. The molecule has 7 nitrogen and oxygen atoms in total. The Labute approximate surface area is 181 Å². The number of rotatable bonds is 9. The van der Waals surface area contributed by atoms with E-state index in [9.17, 15) is 35.6 Å². The summed E-state index contributed by atoms with van der Waals surface area (Å²) in [4.78, 5) is 23.3. The number of hydrogen-bond donors (Lipinski definition) is 2. The molecule has 12 heteroatoms. The number of carbonyl (C=O) groups excluding carboxylic acids is 2. The quantitative estimate of drug-likeness (QED) is 0.426. The molecule has 2 rings (SSSR count). The minimum atomic E-state index is -4.97. The van der Waals surface area contributed by atoms with Crippen LogP contribution in [0.4, 0.5) is 23.2 Å². The smallest absolute Gasteiger partial charge is 0.419 e. The van der Waals surface area contributed by atoms with Crippen molar-refractivity contribution in [3.63, 3.8) is 0 Å². The van der Waals surface area contributed by atoms with Crippen LogP contribution in [-0.2, 0) is 31.5 Å². The maximum Gasteiger partial charge on any atom is 0.419 e. The molecule has 32 heavy (non-hydrogen) atoms. The van der Waals surface area contributed by atoms with Crippen molar-refractivity contribution in [2.24, 2.45) is 0 Å². The van der Waals surface area contributed by atoms with E-state index < -0.39 is 50.9 Å². The molecule has 0 saturated heterocycles. The zero-order valence-electron chi connectivity index (χ0n) is 16.8. The molecule has 0 radical (unpaired) electrons. The van der Waals surface area contributed by atoms with Crippen molar-refractivity contribution < 1.29 is 40.3 Å². The summed E-state index contributed by atoms with van der Waals surface area (Å²) < 4.78 is 83.0. The van der Waals surface area contributed by atoms with Gasteiger partial charge in [-0.05, 0) is 42.8 Å². The molecular weight excluding hydrogens is 456 g/mol. The molecule has 1 amide bonds. The Bertz CT molecular complexity index is 1070. The number of ether oxygens (including phenoxy) is 1. The second-order valence-corrected chi connectivity index (χ2v) is 8.28. The van der Waals surface area contributed by atoms with Gasteiger partial charge in [0.15, 0.2) is 0 Å². The van der Waals surface area contributed by atoms with Gasteiger partial charge in [-0.25, -0.2) is 12.8 Å². The van der Waals surface area contributed by atoms with Crippen LogP contribution in [0, 0.1) is 5.82 Å². The summed E-state index contributed by atoms with van der Waals surface area (Å²) in [7, 11) is -4.12. The van der Waals surface area contributed by atoms with Gasteiger partial charge in [-0.15, -0.1) is 0 Å². The van der Waals surface area contributed by atoms with Gasteiger partial charge in [0.05, 0.1) is 24.3 Å². The summed E-state index contributed by atoms with van der Waals surface area (Å²) in [6.07, 6.45) is -4.97. The van der Waals surface area contributed by atoms with Gasteiger partial charge in [-0.3, -0.25) is 14.3 Å². The predicted molar refractivity (Wildman–Crippen MR) is 108 cm³/mol. The molecule has 0 saturated carbocycles. The number of amides is 1. The van der Waals surface area contributed by atoms with Crippen LogP contribution in [0.5, 0.6) is 0 Å². The minimum Gasteiger partial charge on any atom is -0.466 e. The van der Waals surface area contributed by atoms with E-state index in [1.165, 1.54) is 24.3 Å². The standard InChI is InChI=1S/C20H20F4N2O5S/c1-2-31-18(27)9-10-25-19(28)14-5-3-13(4-6-14)12-32(29,30)26-15-7-8-17(21)16(11-15)20(22,23)24/h3-8,11,26H,2,9-10,12H2,1H3,(H,25,28). The number of carbonyl (C=O) groups is 2. The van der Waals surface area contributed by atoms with E-state index in [4.69, 9.17) is 4.74 Å². The molecule has 0 aliphatic rings. The lowest BCUT2D eigenvalue weighted by atomic mass is 10.1. The van der Waals surface area contributed by atoms with Crippen molar-refractivity contribution >= 4 is 27.6 Å². The van der Waals surface area contributed by atoms with Crippen molar-refractivity contribution in [1.82, 2.24) is 5.32 Å². The van der Waals surface area contributed by atoms with E-state index >= 15 is 0 Å². The Kier molecular flexibility index (Phi) is 8.19. The normalized spacial score (nSPS) is 11.7. The minimum absolute atomic E-state index is 0.00101. The monoisotopic (exact) mass is 476 g/mol. The fourth-order valence-electron chi connectivity index (χ4n) is 2.61. The lowest BCUT2D eigenvalue weighted by Crippen LogP contribution is -2.26. The molecule has 0 aromatic heterocycles. The zero-order chi connectivity index (χ0) is 23.9. The number of alkyl halides is 3. The second kappa shape index (κ2) is 10.4. The van der Waals surface area contributed by atoms with Gasteiger partial charge >= 0.3 is 12.1 Å². The number of benzene rings is 2. The van der Waals surface area contributed by atoms with E-state index in [1.807, 2.05) is 4.72 Å². The van der Waals surface area contributed by atoms with Gasteiger partial charge in [0.1, 0.15) is 5.82 Å². The first kappa shape index (κ1) is 25.1. The van der Waals surface area contributed by atoms with Gasteiger partial charge in [0, 0.05) is 17.8 Å². The average Bonchev–Trinajstić information content (AvgIpc) is 2.68. The molecule has 0 aliphatic carbocycles. The van der Waals surface area contributed by atoms with Crippen LogP contribution in [0.15, 0.2) is 42.5 Å². The highest BCUT2D eigenvalue weighted by Gasteiger charge is 2.34. The number of halogens is 4. The molecule has 0 heterocycles. The van der Waals surface area contributed by atoms with Crippen molar-refractivity contribution in [2.75, 3.05) is 17.9 Å². The van der Waals surface area contributed by atoms with Crippen LogP contribution in [0.2, 0.25) is 0 Å². The highest BCUT2D eigenvalue weighted by molar-refractivity contribution is 7.91. The molecule has 174 valence electrons. The van der Waals surface area contributed by atoms with Crippen LogP contribution < -0.4 is 10.0 Å². The van der Waals surface area contributed by atoms with E-state index in [2.05, 4.69) is 5.32 Å². The highest BCUT2D eigenvalue weighted by atomic mass is 32.2. The Hall–Kier alpha value is -3.15. The molecule has 2 aromatic carbocycles. The molecule has 2 N–H and O–H groups in total.